The van der Waals surface area contributed by atoms with E-state index in [1.807, 2.05) is 0 Å². The maximum Gasteiger partial charge on any atom is 0.308 e. The van der Waals surface area contributed by atoms with Crippen molar-refractivity contribution in [3.63, 3.8) is 0 Å². The maximum absolute atomic E-state index is 12.4. The molecule has 1 aromatic carbocycles. The third-order valence-electron chi connectivity index (χ3n) is 5.88. The molecule has 0 spiro atoms. The molecule has 0 atom stereocenters. The normalized spacial score (nSPS) is 19.0. The second-order valence-corrected chi connectivity index (χ2v) is 8.65. The molecule has 1 fully saturated rings. The number of hydrogen-bond donors (Lipinski definition) is 0. The molecule has 134 valence electrons. The number of benzene rings is 1. The third kappa shape index (κ3) is 4.06. The number of aromatic nitrogens is 1. The molecule has 0 radical (unpaired) electrons. The van der Waals surface area contributed by atoms with Crippen molar-refractivity contribution in [3.8, 4) is 0 Å². The monoisotopic (exact) mass is 356 g/mol. The minimum Gasteiger partial charge on any atom is -0.289 e. The van der Waals surface area contributed by atoms with E-state index in [0.717, 1.165) is 38.5 Å². The Kier molecular flexibility index (Phi) is 5.37. The maximum atomic E-state index is 12.4. The van der Waals surface area contributed by atoms with Crippen molar-refractivity contribution in [1.82, 2.24) is 9.47 Å². The summed E-state index contributed by atoms with van der Waals surface area (Å²) in [6.45, 7) is 3.09. The van der Waals surface area contributed by atoms with Crippen LogP contribution in [0.2, 0.25) is 0 Å². The summed E-state index contributed by atoms with van der Waals surface area (Å²) < 4.78 is 2.07. The fourth-order valence-corrected chi connectivity index (χ4v) is 5.37. The lowest BCUT2D eigenvalue weighted by Gasteiger charge is -2.32. The fraction of sp³-hybridized carbons (Fsp3) is 0.571. The average Bonchev–Trinajstić information content (AvgIpc) is 2.97. The highest BCUT2D eigenvalue weighted by atomic mass is 32.1. The van der Waals surface area contributed by atoms with Gasteiger partial charge in [0.1, 0.15) is 0 Å². The largest absolute Gasteiger partial charge is 0.308 e. The molecule has 1 aliphatic carbocycles. The van der Waals surface area contributed by atoms with Gasteiger partial charge in [0.05, 0.1) is 6.67 Å². The number of likely N-dealkylation sites (tertiary alicyclic amines) is 1. The van der Waals surface area contributed by atoms with Crippen LogP contribution in [0.25, 0.3) is 0 Å². The van der Waals surface area contributed by atoms with E-state index in [9.17, 15) is 4.79 Å². The third-order valence-corrected chi connectivity index (χ3v) is 6.96. The molecule has 3 nitrogen and oxygen atoms in total. The van der Waals surface area contributed by atoms with Crippen LogP contribution < -0.4 is 4.87 Å². The SMILES string of the molecule is O=c1sc2c(n1CN1CCC(CCc3ccccc3)CC1)CCCC2. The Labute approximate surface area is 154 Å². The molecule has 0 unspecified atom stereocenters. The first-order chi connectivity index (χ1) is 12.3. The molecule has 0 N–H and O–H groups in total. The molecule has 0 amide bonds. The first-order valence-corrected chi connectivity index (χ1v) is 10.6. The molecule has 2 aliphatic rings. The Morgan fingerprint density at radius 2 is 1.80 bits per heavy atom. The summed E-state index contributed by atoms with van der Waals surface area (Å²) in [5, 5.41) is 0. The minimum atomic E-state index is 0.262. The van der Waals surface area contributed by atoms with Crippen LogP contribution in [0.3, 0.4) is 0 Å². The highest BCUT2D eigenvalue weighted by Gasteiger charge is 2.23. The first-order valence-electron chi connectivity index (χ1n) is 9.77. The molecule has 1 saturated heterocycles. The van der Waals surface area contributed by atoms with Crippen molar-refractivity contribution in [2.24, 2.45) is 5.92 Å². The van der Waals surface area contributed by atoms with Gasteiger partial charge in [-0.05, 0) is 62.8 Å². The molecule has 25 heavy (non-hydrogen) atoms. The van der Waals surface area contributed by atoms with Gasteiger partial charge in [0, 0.05) is 23.7 Å². The zero-order chi connectivity index (χ0) is 17.1. The number of hydrogen-bond acceptors (Lipinski definition) is 3. The van der Waals surface area contributed by atoms with Crippen LogP contribution in [0, 0.1) is 5.92 Å². The summed E-state index contributed by atoms with van der Waals surface area (Å²) >= 11 is 1.49. The zero-order valence-corrected chi connectivity index (χ0v) is 15.8. The molecule has 0 bridgehead atoms. The van der Waals surface area contributed by atoms with Crippen molar-refractivity contribution < 1.29 is 0 Å². The smallest absolute Gasteiger partial charge is 0.289 e. The van der Waals surface area contributed by atoms with E-state index in [2.05, 4.69) is 39.8 Å². The van der Waals surface area contributed by atoms with Crippen LogP contribution in [0.15, 0.2) is 35.1 Å². The van der Waals surface area contributed by atoms with Gasteiger partial charge in [0.25, 0.3) is 0 Å². The minimum absolute atomic E-state index is 0.262. The van der Waals surface area contributed by atoms with E-state index in [-0.39, 0.29) is 4.87 Å². The Hall–Kier alpha value is -1.39. The van der Waals surface area contributed by atoms with Gasteiger partial charge in [-0.25, -0.2) is 0 Å². The standard InChI is InChI=1S/C21H28N2OS/c24-21-23(19-8-4-5-9-20(19)25-21)16-22-14-12-18(13-15-22)11-10-17-6-2-1-3-7-17/h1-3,6-7,18H,4-5,8-16H2. The number of thiazole rings is 1. The van der Waals surface area contributed by atoms with E-state index in [1.54, 1.807) is 0 Å². The number of piperidine rings is 1. The van der Waals surface area contributed by atoms with Crippen molar-refractivity contribution in [2.45, 2.75) is 58.0 Å². The summed E-state index contributed by atoms with van der Waals surface area (Å²) in [6, 6.07) is 10.8. The number of fused-ring (bicyclic) bond motifs is 1. The van der Waals surface area contributed by atoms with E-state index in [1.165, 1.54) is 66.0 Å². The molecule has 4 heteroatoms. The zero-order valence-electron chi connectivity index (χ0n) is 15.0. The Bertz CT molecular complexity index is 741. The highest BCUT2D eigenvalue weighted by molar-refractivity contribution is 7.09. The molecule has 1 aromatic heterocycles. The fourth-order valence-electron chi connectivity index (χ4n) is 4.30. The van der Waals surface area contributed by atoms with Gasteiger partial charge < -0.3 is 0 Å². The van der Waals surface area contributed by atoms with Gasteiger partial charge in [-0.15, -0.1) is 0 Å². The lowest BCUT2D eigenvalue weighted by atomic mass is 9.91. The van der Waals surface area contributed by atoms with E-state index < -0.39 is 0 Å². The molecule has 2 aromatic rings. The van der Waals surface area contributed by atoms with Gasteiger partial charge in [-0.1, -0.05) is 41.7 Å². The predicted molar refractivity (Wildman–Crippen MR) is 104 cm³/mol. The second kappa shape index (κ2) is 7.88. The molecular weight excluding hydrogens is 328 g/mol. The highest BCUT2D eigenvalue weighted by Crippen LogP contribution is 2.26. The van der Waals surface area contributed by atoms with Crippen LogP contribution >= 0.6 is 11.3 Å². The van der Waals surface area contributed by atoms with Crippen LogP contribution in [0.1, 0.15) is 48.2 Å². The van der Waals surface area contributed by atoms with Crippen molar-refractivity contribution in [3.05, 3.63) is 56.1 Å². The van der Waals surface area contributed by atoms with Crippen LogP contribution in [-0.4, -0.2) is 22.6 Å². The molecule has 2 heterocycles. The van der Waals surface area contributed by atoms with Crippen molar-refractivity contribution >= 4 is 11.3 Å². The van der Waals surface area contributed by atoms with Crippen molar-refractivity contribution in [1.29, 1.82) is 0 Å². The lowest BCUT2D eigenvalue weighted by molar-refractivity contribution is 0.141. The van der Waals surface area contributed by atoms with Crippen molar-refractivity contribution in [2.75, 3.05) is 13.1 Å². The van der Waals surface area contributed by atoms with Gasteiger partial charge in [-0.3, -0.25) is 14.3 Å². The Balaban J connectivity index is 1.29. The number of nitrogens with zero attached hydrogens (tertiary/aromatic N) is 2. The summed E-state index contributed by atoms with van der Waals surface area (Å²) in [4.78, 5) is 16.5. The van der Waals surface area contributed by atoms with Crippen LogP contribution in [-0.2, 0) is 25.9 Å². The van der Waals surface area contributed by atoms with Gasteiger partial charge in [0.15, 0.2) is 0 Å². The van der Waals surface area contributed by atoms with Crippen LogP contribution in [0.5, 0.6) is 0 Å². The lowest BCUT2D eigenvalue weighted by Crippen LogP contribution is -2.37. The summed E-state index contributed by atoms with van der Waals surface area (Å²) in [7, 11) is 0. The second-order valence-electron chi connectivity index (χ2n) is 7.60. The van der Waals surface area contributed by atoms with Gasteiger partial charge in [0.2, 0.25) is 0 Å². The molecule has 0 saturated carbocycles. The number of aryl methyl sites for hydroxylation is 2. The summed E-state index contributed by atoms with van der Waals surface area (Å²) in [5.41, 5.74) is 2.80. The summed E-state index contributed by atoms with van der Waals surface area (Å²) in [6.07, 6.45) is 9.74. The first kappa shape index (κ1) is 17.0. The van der Waals surface area contributed by atoms with Gasteiger partial charge >= 0.3 is 4.87 Å². The number of rotatable bonds is 5. The van der Waals surface area contributed by atoms with E-state index >= 15 is 0 Å². The molecule has 1 aliphatic heterocycles. The Morgan fingerprint density at radius 3 is 2.60 bits per heavy atom. The van der Waals surface area contributed by atoms with Gasteiger partial charge in [-0.2, -0.15) is 0 Å². The van der Waals surface area contributed by atoms with E-state index in [4.69, 9.17) is 0 Å². The molecule has 4 rings (SSSR count). The molecular formula is C21H28N2OS. The Morgan fingerprint density at radius 1 is 1.04 bits per heavy atom. The quantitative estimate of drug-likeness (QED) is 0.806. The van der Waals surface area contributed by atoms with Crippen LogP contribution in [0.4, 0.5) is 0 Å². The average molecular weight is 357 g/mol. The van der Waals surface area contributed by atoms with E-state index in [0.29, 0.717) is 0 Å². The topological polar surface area (TPSA) is 25.2 Å². The predicted octanol–water partition coefficient (Wildman–Crippen LogP) is 4.09. The summed E-state index contributed by atoms with van der Waals surface area (Å²) in [5.74, 6) is 0.838.